The van der Waals surface area contributed by atoms with Crippen LogP contribution in [0.1, 0.15) is 44.1 Å². The smallest absolute Gasteiger partial charge is 0.0886 e. The maximum Gasteiger partial charge on any atom is 0.0886 e. The lowest BCUT2D eigenvalue weighted by molar-refractivity contribution is 0.113. The molecular weight excluding hydrogens is 260 g/mol. The van der Waals surface area contributed by atoms with Gasteiger partial charge in [0.1, 0.15) is 0 Å². The molecule has 0 radical (unpaired) electrons. The van der Waals surface area contributed by atoms with Gasteiger partial charge in [-0.2, -0.15) is 0 Å². The summed E-state index contributed by atoms with van der Waals surface area (Å²) in [6.07, 6.45) is -0.905. The molecule has 0 unspecified atom stereocenters. The predicted octanol–water partition coefficient (Wildman–Crippen LogP) is 2.15. The van der Waals surface area contributed by atoms with Crippen LogP contribution < -0.4 is 0 Å². The molecule has 0 saturated heterocycles. The highest BCUT2D eigenvalue weighted by atomic mass is 32.2. The Morgan fingerprint density at radius 2 is 1.74 bits per heavy atom. The molecule has 2 N–H and O–H groups in total. The van der Waals surface area contributed by atoms with Gasteiger partial charge in [0.15, 0.2) is 0 Å². The van der Waals surface area contributed by atoms with Gasteiger partial charge in [0.25, 0.3) is 0 Å². The molecule has 1 aromatic rings. The first-order valence-electron chi connectivity index (χ1n) is 6.52. The Labute approximate surface area is 118 Å². The van der Waals surface area contributed by atoms with Crippen LogP contribution in [-0.4, -0.2) is 32.9 Å². The van der Waals surface area contributed by atoms with Crippen molar-refractivity contribution in [2.75, 3.05) is 12.4 Å². The number of aliphatic hydroxyl groups is 2. The van der Waals surface area contributed by atoms with Crippen molar-refractivity contribution in [1.82, 2.24) is 0 Å². The van der Waals surface area contributed by atoms with Crippen molar-refractivity contribution >= 4 is 10.8 Å². The minimum atomic E-state index is -1.18. The molecule has 1 aromatic carbocycles. The maximum atomic E-state index is 12.0. The van der Waals surface area contributed by atoms with Crippen LogP contribution in [0.5, 0.6) is 0 Å². The summed E-state index contributed by atoms with van der Waals surface area (Å²) in [4.78, 5) is 0. The van der Waals surface area contributed by atoms with Crippen LogP contribution in [0.15, 0.2) is 24.3 Å². The van der Waals surface area contributed by atoms with Crippen LogP contribution in [0.3, 0.4) is 0 Å². The summed E-state index contributed by atoms with van der Waals surface area (Å²) in [5, 5.41) is 18.0. The Hall–Kier alpha value is -0.710. The van der Waals surface area contributed by atoms with E-state index in [9.17, 15) is 9.32 Å². The van der Waals surface area contributed by atoms with Crippen molar-refractivity contribution in [2.45, 2.75) is 44.5 Å². The molecule has 3 nitrogen and oxygen atoms in total. The first kappa shape index (κ1) is 16.3. The second-order valence-electron chi connectivity index (χ2n) is 5.90. The molecule has 0 aromatic heterocycles. The van der Waals surface area contributed by atoms with E-state index in [0.29, 0.717) is 0 Å². The first-order chi connectivity index (χ1) is 8.75. The SMILES string of the molecule is C[C@@H](c1ccc(C(C)(C)C)cc1)[S@@](=O)C[C@@H](O)CO. The minimum Gasteiger partial charge on any atom is -0.394 e. The number of benzene rings is 1. The van der Waals surface area contributed by atoms with Crippen LogP contribution >= 0.6 is 0 Å². The van der Waals surface area contributed by atoms with Gasteiger partial charge in [0.2, 0.25) is 0 Å². The maximum absolute atomic E-state index is 12.0. The highest BCUT2D eigenvalue weighted by molar-refractivity contribution is 7.85. The third-order valence-corrected chi connectivity index (χ3v) is 4.98. The van der Waals surface area contributed by atoms with E-state index in [1.54, 1.807) is 0 Å². The van der Waals surface area contributed by atoms with Crippen LogP contribution in [0.4, 0.5) is 0 Å². The van der Waals surface area contributed by atoms with E-state index in [0.717, 1.165) is 5.56 Å². The molecule has 0 fully saturated rings. The van der Waals surface area contributed by atoms with Crippen molar-refractivity contribution in [2.24, 2.45) is 0 Å². The molecule has 0 spiro atoms. The zero-order valence-electron chi connectivity index (χ0n) is 12.1. The predicted molar refractivity (Wildman–Crippen MR) is 79.7 cm³/mol. The van der Waals surface area contributed by atoms with E-state index in [1.807, 2.05) is 19.1 Å². The van der Waals surface area contributed by atoms with E-state index < -0.39 is 16.9 Å². The van der Waals surface area contributed by atoms with E-state index in [4.69, 9.17) is 5.11 Å². The van der Waals surface area contributed by atoms with Gasteiger partial charge in [-0.05, 0) is 23.5 Å². The molecule has 0 aliphatic rings. The van der Waals surface area contributed by atoms with Gasteiger partial charge in [-0.3, -0.25) is 4.21 Å². The number of aliphatic hydroxyl groups excluding tert-OH is 2. The van der Waals surface area contributed by atoms with Crippen LogP contribution in [-0.2, 0) is 16.2 Å². The van der Waals surface area contributed by atoms with Crippen molar-refractivity contribution in [3.05, 3.63) is 35.4 Å². The lowest BCUT2D eigenvalue weighted by atomic mass is 9.86. The zero-order valence-corrected chi connectivity index (χ0v) is 12.9. The number of rotatable bonds is 5. The van der Waals surface area contributed by atoms with E-state index in [2.05, 4.69) is 32.9 Å². The Balaban J connectivity index is 2.78. The molecule has 3 atom stereocenters. The molecule has 0 aliphatic heterocycles. The fraction of sp³-hybridized carbons (Fsp3) is 0.600. The second-order valence-corrected chi connectivity index (χ2v) is 7.70. The summed E-state index contributed by atoms with van der Waals surface area (Å²) in [5.41, 5.74) is 2.34. The molecule has 108 valence electrons. The topological polar surface area (TPSA) is 57.5 Å². The van der Waals surface area contributed by atoms with Gasteiger partial charge in [0, 0.05) is 10.8 Å². The summed E-state index contributed by atoms with van der Waals surface area (Å²) >= 11 is 0. The van der Waals surface area contributed by atoms with E-state index >= 15 is 0 Å². The highest BCUT2D eigenvalue weighted by Gasteiger charge is 2.18. The first-order valence-corrected chi connectivity index (χ1v) is 7.90. The van der Waals surface area contributed by atoms with Gasteiger partial charge in [-0.25, -0.2) is 0 Å². The van der Waals surface area contributed by atoms with E-state index in [-0.39, 0.29) is 23.0 Å². The Morgan fingerprint density at radius 3 is 2.16 bits per heavy atom. The normalized spacial score (nSPS) is 16.9. The molecule has 1 rings (SSSR count). The van der Waals surface area contributed by atoms with Crippen LogP contribution in [0.25, 0.3) is 0 Å². The average Bonchev–Trinajstić information content (AvgIpc) is 2.36. The fourth-order valence-electron chi connectivity index (χ4n) is 1.79. The molecular formula is C15H24O3S. The van der Waals surface area contributed by atoms with Crippen molar-refractivity contribution in [1.29, 1.82) is 0 Å². The van der Waals surface area contributed by atoms with Crippen LogP contribution in [0.2, 0.25) is 0 Å². The average molecular weight is 284 g/mol. The third kappa shape index (κ3) is 4.71. The lowest BCUT2D eigenvalue weighted by Crippen LogP contribution is -2.22. The molecule has 0 bridgehead atoms. The van der Waals surface area contributed by atoms with Crippen molar-refractivity contribution in [3.8, 4) is 0 Å². The Kier molecular flexibility index (Phi) is 5.71. The molecule has 0 saturated carbocycles. The quantitative estimate of drug-likeness (QED) is 0.871. The molecule has 0 amide bonds. The number of hydrogen-bond acceptors (Lipinski definition) is 3. The molecule has 4 heteroatoms. The third-order valence-electron chi connectivity index (χ3n) is 3.21. The number of hydrogen-bond donors (Lipinski definition) is 2. The molecule has 19 heavy (non-hydrogen) atoms. The van der Waals surface area contributed by atoms with Gasteiger partial charge in [-0.15, -0.1) is 0 Å². The summed E-state index contributed by atoms with van der Waals surface area (Å²) in [6, 6.07) is 8.11. The van der Waals surface area contributed by atoms with Gasteiger partial charge in [0.05, 0.1) is 23.7 Å². The summed E-state index contributed by atoms with van der Waals surface area (Å²) < 4.78 is 12.0. The Morgan fingerprint density at radius 1 is 1.21 bits per heavy atom. The minimum absolute atomic E-state index is 0.105. The standard InChI is InChI=1S/C15H24O3S/c1-11(19(18)10-14(17)9-16)12-5-7-13(8-6-12)15(2,3)4/h5-8,11,14,16-17H,9-10H2,1-4H3/t11-,14-,19-/m0/s1. The Bertz CT molecular complexity index is 420. The van der Waals surface area contributed by atoms with Crippen molar-refractivity contribution in [3.63, 3.8) is 0 Å². The summed E-state index contributed by atoms with van der Waals surface area (Å²) in [5.74, 6) is 0.110. The molecule has 0 aliphatic carbocycles. The van der Waals surface area contributed by atoms with Crippen molar-refractivity contribution < 1.29 is 14.4 Å². The largest absolute Gasteiger partial charge is 0.394 e. The van der Waals surface area contributed by atoms with Crippen LogP contribution in [0, 0.1) is 0 Å². The fourth-order valence-corrected chi connectivity index (χ4v) is 3.03. The van der Waals surface area contributed by atoms with E-state index in [1.165, 1.54) is 5.56 Å². The summed E-state index contributed by atoms with van der Waals surface area (Å²) in [7, 11) is -1.18. The van der Waals surface area contributed by atoms with Gasteiger partial charge < -0.3 is 10.2 Å². The van der Waals surface area contributed by atoms with Gasteiger partial charge >= 0.3 is 0 Å². The van der Waals surface area contributed by atoms with Gasteiger partial charge in [-0.1, -0.05) is 45.0 Å². The summed E-state index contributed by atoms with van der Waals surface area (Å²) in [6.45, 7) is 8.00. The monoisotopic (exact) mass is 284 g/mol. The zero-order chi connectivity index (χ0) is 14.6. The lowest BCUT2D eigenvalue weighted by Gasteiger charge is -2.20. The highest BCUT2D eigenvalue weighted by Crippen LogP contribution is 2.26. The second kappa shape index (κ2) is 6.64. The molecule has 0 heterocycles.